The molecule has 0 spiro atoms. The fraction of sp³-hybridized carbons (Fsp3) is 0.424. The van der Waals surface area contributed by atoms with Gasteiger partial charge in [-0.25, -0.2) is 4.39 Å². The van der Waals surface area contributed by atoms with Gasteiger partial charge in [0.15, 0.2) is 0 Å². The van der Waals surface area contributed by atoms with Crippen molar-refractivity contribution in [2.24, 2.45) is 0 Å². The number of amides is 2. The number of hydrogen-bond acceptors (Lipinski definition) is 6. The summed E-state index contributed by atoms with van der Waals surface area (Å²) >= 11 is 1.45. The molecular formula is C33H37FN6O2S. The molecule has 1 N–H and O–H groups in total. The predicted molar refractivity (Wildman–Crippen MR) is 165 cm³/mol. The van der Waals surface area contributed by atoms with Gasteiger partial charge in [-0.15, -0.1) is 21.5 Å². The van der Waals surface area contributed by atoms with Crippen molar-refractivity contribution in [3.63, 3.8) is 0 Å². The van der Waals surface area contributed by atoms with Crippen LogP contribution in [0.15, 0.2) is 66.0 Å². The van der Waals surface area contributed by atoms with Crippen molar-refractivity contribution in [2.45, 2.75) is 88.8 Å². The quantitative estimate of drug-likeness (QED) is 0.228. The highest BCUT2D eigenvalue weighted by molar-refractivity contribution is 7.10. The van der Waals surface area contributed by atoms with E-state index >= 15 is 0 Å². The van der Waals surface area contributed by atoms with Crippen molar-refractivity contribution >= 4 is 28.8 Å². The van der Waals surface area contributed by atoms with E-state index in [4.69, 9.17) is 0 Å². The number of thiophene rings is 1. The van der Waals surface area contributed by atoms with Crippen molar-refractivity contribution in [3.05, 3.63) is 82.3 Å². The van der Waals surface area contributed by atoms with Gasteiger partial charge in [-0.05, 0) is 78.1 Å². The molecule has 6 rings (SSSR count). The van der Waals surface area contributed by atoms with Gasteiger partial charge in [-0.2, -0.15) is 4.80 Å². The minimum absolute atomic E-state index is 0.0923. The Morgan fingerprint density at radius 3 is 2.35 bits per heavy atom. The van der Waals surface area contributed by atoms with E-state index in [1.807, 2.05) is 29.6 Å². The Bertz CT molecular complexity index is 1510. The minimum Gasteiger partial charge on any atom is -0.351 e. The molecule has 8 nitrogen and oxygen atoms in total. The molecule has 0 aliphatic heterocycles. The number of aromatic nitrogens is 4. The molecule has 4 aromatic rings. The third kappa shape index (κ3) is 6.85. The lowest BCUT2D eigenvalue weighted by Crippen LogP contribution is -2.48. The summed E-state index contributed by atoms with van der Waals surface area (Å²) in [6.45, 7) is -0.260. The highest BCUT2D eigenvalue weighted by Gasteiger charge is 2.35. The van der Waals surface area contributed by atoms with Crippen molar-refractivity contribution < 1.29 is 14.0 Å². The lowest BCUT2D eigenvalue weighted by molar-refractivity contribution is -0.127. The molecule has 2 aliphatic rings. The second-order valence-electron chi connectivity index (χ2n) is 11.6. The van der Waals surface area contributed by atoms with Crippen LogP contribution in [0.2, 0.25) is 0 Å². The average molecular weight is 601 g/mol. The smallest absolute Gasteiger partial charge is 0.251 e. The standard InChI is InChI=1S/C33H37FN6O2S/c34-28-15-8-7-14-27(28)32-36-38-39(37-32)22-30(41)40(26-19-17-24(18-20-26)23-10-3-1-4-11-23)31(29-16-9-21-43-29)33(42)35-25-12-5-2-6-13-25/h7-9,14-21,23,25,31H,1-6,10-13,22H2,(H,35,42)/t31-/m0/s1. The molecule has 0 unspecified atom stereocenters. The fourth-order valence-electron chi connectivity index (χ4n) is 6.39. The zero-order valence-corrected chi connectivity index (χ0v) is 25.0. The van der Waals surface area contributed by atoms with Crippen molar-refractivity contribution in [3.8, 4) is 11.4 Å². The molecule has 224 valence electrons. The van der Waals surface area contributed by atoms with E-state index in [0.29, 0.717) is 11.6 Å². The average Bonchev–Trinajstić information content (AvgIpc) is 3.74. The second-order valence-corrected chi connectivity index (χ2v) is 12.6. The first-order valence-corrected chi connectivity index (χ1v) is 16.2. The number of nitrogens with zero attached hydrogens (tertiary/aromatic N) is 5. The van der Waals surface area contributed by atoms with Gasteiger partial charge in [0.2, 0.25) is 11.7 Å². The molecule has 0 saturated heterocycles. The van der Waals surface area contributed by atoms with E-state index in [0.717, 1.165) is 35.4 Å². The van der Waals surface area contributed by atoms with Gasteiger partial charge < -0.3 is 5.32 Å². The molecule has 2 aliphatic carbocycles. The highest BCUT2D eigenvalue weighted by Crippen LogP contribution is 2.36. The molecule has 2 fully saturated rings. The predicted octanol–water partition coefficient (Wildman–Crippen LogP) is 6.81. The number of benzene rings is 2. The van der Waals surface area contributed by atoms with Crippen LogP contribution in [0.25, 0.3) is 11.4 Å². The van der Waals surface area contributed by atoms with Gasteiger partial charge in [0.05, 0.1) is 5.56 Å². The van der Waals surface area contributed by atoms with Gasteiger partial charge in [0, 0.05) is 16.6 Å². The van der Waals surface area contributed by atoms with E-state index in [9.17, 15) is 14.0 Å². The zero-order chi connectivity index (χ0) is 29.6. The van der Waals surface area contributed by atoms with Crippen LogP contribution in [0.4, 0.5) is 10.1 Å². The number of tetrazole rings is 1. The summed E-state index contributed by atoms with van der Waals surface area (Å²) in [6.07, 6.45) is 11.3. The third-order valence-corrected chi connectivity index (χ3v) is 9.56. The highest BCUT2D eigenvalue weighted by atomic mass is 32.1. The van der Waals surface area contributed by atoms with Crippen LogP contribution < -0.4 is 10.2 Å². The Labute approximate surface area is 255 Å². The van der Waals surface area contributed by atoms with Crippen LogP contribution in [0.1, 0.15) is 86.6 Å². The Kier molecular flexibility index (Phi) is 9.21. The Balaban J connectivity index is 1.32. The van der Waals surface area contributed by atoms with E-state index < -0.39 is 11.9 Å². The molecule has 2 amide bonds. The monoisotopic (exact) mass is 600 g/mol. The normalized spacial score (nSPS) is 17.0. The lowest BCUT2D eigenvalue weighted by Gasteiger charge is -2.33. The van der Waals surface area contributed by atoms with Crippen molar-refractivity contribution in [2.75, 3.05) is 4.90 Å². The Morgan fingerprint density at radius 1 is 0.930 bits per heavy atom. The molecule has 0 bridgehead atoms. The molecule has 2 aromatic carbocycles. The van der Waals surface area contributed by atoms with Gasteiger partial charge in [-0.1, -0.05) is 68.9 Å². The maximum absolute atomic E-state index is 14.4. The first kappa shape index (κ1) is 29.2. The van der Waals surface area contributed by atoms with E-state index in [-0.39, 0.29) is 35.8 Å². The third-order valence-electron chi connectivity index (χ3n) is 8.63. The molecule has 2 heterocycles. The maximum Gasteiger partial charge on any atom is 0.251 e. The summed E-state index contributed by atoms with van der Waals surface area (Å²) in [5.41, 5.74) is 2.11. The first-order valence-electron chi connectivity index (χ1n) is 15.4. The maximum atomic E-state index is 14.4. The number of hydrogen-bond donors (Lipinski definition) is 1. The number of carbonyl (C=O) groups excluding carboxylic acids is 2. The zero-order valence-electron chi connectivity index (χ0n) is 24.2. The van der Waals surface area contributed by atoms with Crippen LogP contribution in [-0.4, -0.2) is 38.1 Å². The summed E-state index contributed by atoms with van der Waals surface area (Å²) < 4.78 is 14.4. The fourth-order valence-corrected chi connectivity index (χ4v) is 7.20. The van der Waals surface area contributed by atoms with E-state index in [1.165, 1.54) is 61.5 Å². The Morgan fingerprint density at radius 2 is 1.65 bits per heavy atom. The number of rotatable bonds is 9. The summed E-state index contributed by atoms with van der Waals surface area (Å²) in [6, 6.07) is 17.3. The van der Waals surface area contributed by atoms with E-state index in [2.05, 4.69) is 32.9 Å². The van der Waals surface area contributed by atoms with Gasteiger partial charge in [-0.3, -0.25) is 14.5 Å². The molecular weight excluding hydrogens is 563 g/mol. The summed E-state index contributed by atoms with van der Waals surface area (Å²) in [4.78, 5) is 31.7. The number of carbonyl (C=O) groups is 2. The van der Waals surface area contributed by atoms with Gasteiger partial charge in [0.1, 0.15) is 18.4 Å². The molecule has 43 heavy (non-hydrogen) atoms. The van der Waals surface area contributed by atoms with Gasteiger partial charge >= 0.3 is 0 Å². The van der Waals surface area contributed by atoms with Crippen LogP contribution in [0.3, 0.4) is 0 Å². The van der Waals surface area contributed by atoms with Crippen LogP contribution in [-0.2, 0) is 16.1 Å². The second kappa shape index (κ2) is 13.6. The van der Waals surface area contributed by atoms with E-state index in [1.54, 1.807) is 23.1 Å². The molecule has 2 aromatic heterocycles. The number of halogens is 1. The molecule has 1 atom stereocenters. The largest absolute Gasteiger partial charge is 0.351 e. The van der Waals surface area contributed by atoms with Crippen molar-refractivity contribution in [1.29, 1.82) is 0 Å². The summed E-state index contributed by atoms with van der Waals surface area (Å²) in [5, 5.41) is 17.5. The molecule has 2 saturated carbocycles. The summed E-state index contributed by atoms with van der Waals surface area (Å²) in [5.74, 6) is -0.409. The topological polar surface area (TPSA) is 93.0 Å². The number of anilines is 1. The van der Waals surface area contributed by atoms with Crippen LogP contribution >= 0.6 is 11.3 Å². The Hall–Kier alpha value is -3.92. The SMILES string of the molecule is O=C(NC1CCCCC1)[C@H](c1cccs1)N(C(=O)Cn1nnc(-c2ccccc2F)n1)c1ccc(C2CCCCC2)cc1. The van der Waals surface area contributed by atoms with Crippen LogP contribution in [0.5, 0.6) is 0 Å². The molecule has 10 heteroatoms. The molecule has 0 radical (unpaired) electrons. The van der Waals surface area contributed by atoms with Crippen molar-refractivity contribution in [1.82, 2.24) is 25.5 Å². The van der Waals surface area contributed by atoms with Crippen LogP contribution in [0, 0.1) is 5.82 Å². The summed E-state index contributed by atoms with van der Waals surface area (Å²) in [7, 11) is 0. The van der Waals surface area contributed by atoms with Gasteiger partial charge in [0.25, 0.3) is 5.91 Å². The minimum atomic E-state index is -0.857. The lowest BCUT2D eigenvalue weighted by atomic mass is 9.84. The number of nitrogens with one attached hydrogen (secondary N) is 1. The first-order chi connectivity index (χ1) is 21.1.